The van der Waals surface area contributed by atoms with Gasteiger partial charge in [-0.3, -0.25) is 14.3 Å². The minimum atomic E-state index is -0.0831. The van der Waals surface area contributed by atoms with Gasteiger partial charge in [0.15, 0.2) is 5.69 Å². The molecule has 1 N–H and O–H groups in total. The highest BCUT2D eigenvalue weighted by atomic mass is 16.2. The molecule has 1 fully saturated rings. The fourth-order valence-corrected chi connectivity index (χ4v) is 3.10. The molecule has 0 unspecified atom stereocenters. The van der Waals surface area contributed by atoms with Crippen molar-refractivity contribution in [2.45, 2.75) is 13.3 Å². The summed E-state index contributed by atoms with van der Waals surface area (Å²) in [5.74, 6) is 0.421. The Hall–Kier alpha value is -2.90. The molecule has 8 nitrogen and oxygen atoms in total. The number of nitrogens with one attached hydrogen (secondary N) is 1. The Morgan fingerprint density at radius 1 is 1.12 bits per heavy atom. The van der Waals surface area contributed by atoms with Crippen molar-refractivity contribution in [2.24, 2.45) is 7.05 Å². The second-order valence-corrected chi connectivity index (χ2v) is 6.38. The van der Waals surface area contributed by atoms with Gasteiger partial charge in [-0.2, -0.15) is 5.10 Å². The second kappa shape index (κ2) is 7.55. The Balaban J connectivity index is 1.70. The number of amides is 2. The first-order chi connectivity index (χ1) is 12.5. The number of anilines is 1. The Morgan fingerprint density at radius 3 is 2.42 bits per heavy atom. The first-order valence-corrected chi connectivity index (χ1v) is 8.73. The molecular weight excluding hydrogens is 332 g/mol. The number of carbonyl (C=O) groups excluding carboxylic acids is 2. The lowest BCUT2D eigenvalue weighted by Crippen LogP contribution is -2.37. The van der Waals surface area contributed by atoms with Gasteiger partial charge < -0.3 is 15.1 Å². The van der Waals surface area contributed by atoms with Gasteiger partial charge in [-0.1, -0.05) is 0 Å². The highest BCUT2D eigenvalue weighted by molar-refractivity contribution is 5.98. The summed E-state index contributed by atoms with van der Waals surface area (Å²) in [6.45, 7) is 4.13. The van der Waals surface area contributed by atoms with E-state index in [0.29, 0.717) is 43.3 Å². The second-order valence-electron chi connectivity index (χ2n) is 6.38. The molecule has 0 aromatic carbocycles. The van der Waals surface area contributed by atoms with E-state index in [2.05, 4.69) is 15.4 Å². The molecule has 26 heavy (non-hydrogen) atoms. The summed E-state index contributed by atoms with van der Waals surface area (Å²) in [6.07, 6.45) is 2.39. The smallest absolute Gasteiger partial charge is 0.274 e. The average molecular weight is 356 g/mol. The predicted octanol–water partition coefficient (Wildman–Crippen LogP) is 1.15. The Bertz CT molecular complexity index is 796. The summed E-state index contributed by atoms with van der Waals surface area (Å²) in [5.41, 5.74) is 1.95. The lowest BCUT2D eigenvalue weighted by molar-refractivity contribution is 0.0715. The van der Waals surface area contributed by atoms with Gasteiger partial charge in [0.1, 0.15) is 5.82 Å². The zero-order valence-corrected chi connectivity index (χ0v) is 15.4. The summed E-state index contributed by atoms with van der Waals surface area (Å²) in [4.78, 5) is 33.3. The quantitative estimate of drug-likeness (QED) is 0.892. The van der Waals surface area contributed by atoms with Crippen LogP contribution in [-0.4, -0.2) is 69.6 Å². The number of rotatable bonds is 3. The maximum absolute atomic E-state index is 12.9. The number of pyridine rings is 1. The van der Waals surface area contributed by atoms with Crippen LogP contribution in [0.1, 0.15) is 33.0 Å². The normalized spacial score (nSPS) is 14.9. The summed E-state index contributed by atoms with van der Waals surface area (Å²) in [6, 6.07) is 5.32. The largest absolute Gasteiger partial charge is 0.372 e. The minimum absolute atomic E-state index is 0.0644. The van der Waals surface area contributed by atoms with Crippen LogP contribution in [0.25, 0.3) is 0 Å². The molecule has 2 aromatic rings. The number of aryl methyl sites for hydroxylation is 2. The number of hydrogen-bond donors (Lipinski definition) is 1. The molecule has 0 spiro atoms. The van der Waals surface area contributed by atoms with Crippen LogP contribution >= 0.6 is 0 Å². The zero-order chi connectivity index (χ0) is 18.7. The van der Waals surface area contributed by atoms with Gasteiger partial charge in [-0.05, 0) is 31.5 Å². The standard InChI is InChI=1S/C18H24N6O2/c1-13-12-15(21-22(13)3)18(26)24-9-5-8-23(10-11-24)17(25)14-6-4-7-20-16(14)19-2/h4,6-7,12H,5,8-11H2,1-3H3,(H,19,20). The van der Waals surface area contributed by atoms with Crippen LogP contribution in [0.15, 0.2) is 24.4 Å². The fraction of sp³-hybridized carbons (Fsp3) is 0.444. The van der Waals surface area contributed by atoms with Crippen molar-refractivity contribution in [1.29, 1.82) is 0 Å². The zero-order valence-electron chi connectivity index (χ0n) is 15.4. The topological polar surface area (TPSA) is 83.4 Å². The monoisotopic (exact) mass is 356 g/mol. The molecule has 138 valence electrons. The van der Waals surface area contributed by atoms with E-state index in [1.54, 1.807) is 45.9 Å². The molecule has 3 rings (SSSR count). The van der Waals surface area contributed by atoms with Crippen LogP contribution in [0.4, 0.5) is 5.82 Å². The molecule has 1 aliphatic heterocycles. The van der Waals surface area contributed by atoms with Gasteiger partial charge in [0.25, 0.3) is 11.8 Å². The van der Waals surface area contributed by atoms with Crippen LogP contribution in [-0.2, 0) is 7.05 Å². The average Bonchev–Trinajstić information content (AvgIpc) is 2.86. The van der Waals surface area contributed by atoms with Gasteiger partial charge in [-0.25, -0.2) is 4.98 Å². The van der Waals surface area contributed by atoms with E-state index in [1.165, 1.54) is 0 Å². The number of aromatic nitrogens is 3. The molecule has 3 heterocycles. The van der Waals surface area contributed by atoms with E-state index in [0.717, 1.165) is 12.1 Å². The number of hydrogen-bond acceptors (Lipinski definition) is 5. The van der Waals surface area contributed by atoms with E-state index in [9.17, 15) is 9.59 Å². The maximum atomic E-state index is 12.9. The van der Waals surface area contributed by atoms with E-state index >= 15 is 0 Å². The summed E-state index contributed by atoms with van der Waals surface area (Å²) < 4.78 is 1.70. The van der Waals surface area contributed by atoms with Gasteiger partial charge in [0.2, 0.25) is 0 Å². The molecule has 2 aromatic heterocycles. The van der Waals surface area contributed by atoms with Crippen LogP contribution in [0, 0.1) is 6.92 Å². The molecule has 8 heteroatoms. The first kappa shape index (κ1) is 17.9. The van der Waals surface area contributed by atoms with Crippen molar-refractivity contribution in [3.63, 3.8) is 0 Å². The van der Waals surface area contributed by atoms with Crippen molar-refractivity contribution < 1.29 is 9.59 Å². The lowest BCUT2D eigenvalue weighted by atomic mass is 10.2. The third-order valence-electron chi connectivity index (χ3n) is 4.68. The number of carbonyl (C=O) groups is 2. The highest BCUT2D eigenvalue weighted by Crippen LogP contribution is 2.16. The molecular formula is C18H24N6O2. The van der Waals surface area contributed by atoms with Crippen LogP contribution in [0.3, 0.4) is 0 Å². The highest BCUT2D eigenvalue weighted by Gasteiger charge is 2.26. The van der Waals surface area contributed by atoms with Crippen molar-refractivity contribution in [3.05, 3.63) is 41.3 Å². The van der Waals surface area contributed by atoms with Crippen LogP contribution in [0.2, 0.25) is 0 Å². The minimum Gasteiger partial charge on any atom is -0.372 e. The predicted molar refractivity (Wildman–Crippen MR) is 98.2 cm³/mol. The van der Waals surface area contributed by atoms with Crippen molar-refractivity contribution >= 4 is 17.6 Å². The summed E-state index contributed by atoms with van der Waals surface area (Å²) in [7, 11) is 3.57. The third-order valence-corrected chi connectivity index (χ3v) is 4.68. The van der Waals surface area contributed by atoms with E-state index in [-0.39, 0.29) is 11.8 Å². The first-order valence-electron chi connectivity index (χ1n) is 8.73. The fourth-order valence-electron chi connectivity index (χ4n) is 3.10. The Morgan fingerprint density at radius 2 is 1.81 bits per heavy atom. The molecule has 1 aliphatic rings. The van der Waals surface area contributed by atoms with E-state index < -0.39 is 0 Å². The van der Waals surface area contributed by atoms with Gasteiger partial charge in [-0.15, -0.1) is 0 Å². The molecule has 0 bridgehead atoms. The Labute approximate surface area is 152 Å². The molecule has 0 saturated carbocycles. The summed E-state index contributed by atoms with van der Waals surface area (Å²) >= 11 is 0. The van der Waals surface area contributed by atoms with Gasteiger partial charge in [0, 0.05) is 52.2 Å². The summed E-state index contributed by atoms with van der Waals surface area (Å²) in [5, 5.41) is 7.22. The Kier molecular flexibility index (Phi) is 5.20. The van der Waals surface area contributed by atoms with E-state index in [4.69, 9.17) is 0 Å². The van der Waals surface area contributed by atoms with E-state index in [1.807, 2.05) is 14.0 Å². The number of nitrogens with zero attached hydrogens (tertiary/aromatic N) is 5. The van der Waals surface area contributed by atoms with Crippen molar-refractivity contribution in [2.75, 3.05) is 38.5 Å². The third kappa shape index (κ3) is 3.54. The van der Waals surface area contributed by atoms with Crippen LogP contribution < -0.4 is 5.32 Å². The van der Waals surface area contributed by atoms with Crippen molar-refractivity contribution in [1.82, 2.24) is 24.6 Å². The molecule has 2 amide bonds. The SMILES string of the molecule is CNc1ncccc1C(=O)N1CCCN(C(=O)c2cc(C)n(C)n2)CC1. The molecule has 0 radical (unpaired) electrons. The molecule has 0 atom stereocenters. The molecule has 0 aliphatic carbocycles. The lowest BCUT2D eigenvalue weighted by Gasteiger charge is -2.22. The maximum Gasteiger partial charge on any atom is 0.274 e. The van der Waals surface area contributed by atoms with Gasteiger partial charge >= 0.3 is 0 Å². The van der Waals surface area contributed by atoms with Crippen LogP contribution in [0.5, 0.6) is 0 Å². The van der Waals surface area contributed by atoms with Crippen molar-refractivity contribution in [3.8, 4) is 0 Å². The molecule has 1 saturated heterocycles. The van der Waals surface area contributed by atoms with Gasteiger partial charge in [0.05, 0.1) is 5.56 Å².